The summed E-state index contributed by atoms with van der Waals surface area (Å²) in [5.74, 6) is -0.747. The lowest BCUT2D eigenvalue weighted by atomic mass is 9.91. The highest BCUT2D eigenvalue weighted by molar-refractivity contribution is 5.87. The van der Waals surface area contributed by atoms with Crippen LogP contribution in [-0.2, 0) is 19.1 Å². The molecule has 0 amide bonds. The topological polar surface area (TPSA) is 52.6 Å². The predicted octanol–water partition coefficient (Wildman–Crippen LogP) is 4.89. The maximum absolute atomic E-state index is 11.8. The Kier molecular flexibility index (Phi) is 7.35. The summed E-state index contributed by atoms with van der Waals surface area (Å²) < 4.78 is 10.2. The number of esters is 2. The zero-order valence-electron chi connectivity index (χ0n) is 16.1. The first-order valence-corrected chi connectivity index (χ1v) is 9.10. The Morgan fingerprint density at radius 2 is 1.48 bits per heavy atom. The van der Waals surface area contributed by atoms with Gasteiger partial charge in [-0.1, -0.05) is 61.5 Å². The van der Waals surface area contributed by atoms with Gasteiger partial charge in [-0.2, -0.15) is 0 Å². The maximum atomic E-state index is 11.8. The lowest BCUT2D eigenvalue weighted by Crippen LogP contribution is -2.27. The number of ether oxygens (including phenoxy) is 2. The molecule has 0 heterocycles. The molecular weight excluding hydrogens is 340 g/mol. The summed E-state index contributed by atoms with van der Waals surface area (Å²) in [5, 5.41) is 0. The van der Waals surface area contributed by atoms with Gasteiger partial charge >= 0.3 is 11.9 Å². The van der Waals surface area contributed by atoms with Crippen molar-refractivity contribution in [1.82, 2.24) is 0 Å². The number of hydrogen-bond donors (Lipinski definition) is 0. The van der Waals surface area contributed by atoms with Crippen LogP contribution < -0.4 is 0 Å². The molecule has 0 unspecified atom stereocenters. The number of hydrogen-bond acceptors (Lipinski definition) is 4. The third kappa shape index (κ3) is 6.41. The van der Waals surface area contributed by atoms with Gasteiger partial charge < -0.3 is 9.47 Å². The van der Waals surface area contributed by atoms with Crippen LogP contribution in [0.5, 0.6) is 0 Å². The van der Waals surface area contributed by atoms with E-state index in [0.717, 1.165) is 16.7 Å². The minimum absolute atomic E-state index is 0.0433. The zero-order valence-corrected chi connectivity index (χ0v) is 16.1. The molecule has 4 nitrogen and oxygen atoms in total. The summed E-state index contributed by atoms with van der Waals surface area (Å²) in [5.41, 5.74) is 2.65. The molecule has 142 valence electrons. The molecule has 0 saturated heterocycles. The van der Waals surface area contributed by atoms with Gasteiger partial charge in [0, 0.05) is 6.08 Å². The van der Waals surface area contributed by atoms with Crippen LogP contribution in [0.1, 0.15) is 32.8 Å². The highest BCUT2D eigenvalue weighted by Crippen LogP contribution is 2.21. The fraction of sp³-hybridized carbons (Fsp3) is 0.304. The molecule has 2 rings (SSSR count). The molecule has 0 aliphatic heterocycles. The molecule has 0 atom stereocenters. The Bertz CT molecular complexity index is 774. The van der Waals surface area contributed by atoms with E-state index >= 15 is 0 Å². The van der Waals surface area contributed by atoms with E-state index in [2.05, 4.69) is 12.1 Å². The predicted molar refractivity (Wildman–Crippen MR) is 107 cm³/mol. The van der Waals surface area contributed by atoms with Crippen molar-refractivity contribution in [3.05, 3.63) is 66.2 Å². The molecule has 2 aromatic rings. The van der Waals surface area contributed by atoms with Crippen molar-refractivity contribution in [2.75, 3.05) is 13.2 Å². The molecule has 4 heteroatoms. The molecule has 0 aliphatic carbocycles. The van der Waals surface area contributed by atoms with E-state index in [4.69, 9.17) is 9.47 Å². The molecule has 0 radical (unpaired) electrons. The standard InChI is InChI=1S/C23H26O4/c1-4-23(2,3)22(25)27-17-16-26-21(24)15-12-18-10-13-20(14-11-18)19-8-6-5-7-9-19/h5-15H,4,16-17H2,1-3H3/b15-12+. The van der Waals surface area contributed by atoms with Crippen LogP contribution in [-0.4, -0.2) is 25.2 Å². The third-order valence-corrected chi connectivity index (χ3v) is 4.43. The average Bonchev–Trinajstić information content (AvgIpc) is 2.70. The van der Waals surface area contributed by atoms with Crippen molar-refractivity contribution in [3.63, 3.8) is 0 Å². The molecular formula is C23H26O4. The Balaban J connectivity index is 1.77. The molecule has 2 aromatic carbocycles. The fourth-order valence-corrected chi connectivity index (χ4v) is 2.25. The molecule has 27 heavy (non-hydrogen) atoms. The van der Waals surface area contributed by atoms with E-state index in [9.17, 15) is 9.59 Å². The van der Waals surface area contributed by atoms with Crippen LogP contribution >= 0.6 is 0 Å². The number of carbonyl (C=O) groups excluding carboxylic acids is 2. The van der Waals surface area contributed by atoms with Crippen molar-refractivity contribution in [1.29, 1.82) is 0 Å². The van der Waals surface area contributed by atoms with Crippen LogP contribution in [0, 0.1) is 5.41 Å². The van der Waals surface area contributed by atoms with Gasteiger partial charge in [0.25, 0.3) is 0 Å². The van der Waals surface area contributed by atoms with Gasteiger partial charge in [-0.3, -0.25) is 4.79 Å². The van der Waals surface area contributed by atoms with Gasteiger partial charge in [0.05, 0.1) is 5.41 Å². The largest absolute Gasteiger partial charge is 0.462 e. The fourth-order valence-electron chi connectivity index (χ4n) is 2.25. The highest BCUT2D eigenvalue weighted by Gasteiger charge is 2.26. The normalized spacial score (nSPS) is 11.4. The molecule has 0 N–H and O–H groups in total. The van der Waals surface area contributed by atoms with E-state index in [1.807, 2.05) is 63.2 Å². The monoisotopic (exact) mass is 366 g/mol. The van der Waals surface area contributed by atoms with Crippen LogP contribution in [0.4, 0.5) is 0 Å². The van der Waals surface area contributed by atoms with E-state index < -0.39 is 11.4 Å². The molecule has 0 aromatic heterocycles. The van der Waals surface area contributed by atoms with E-state index in [0.29, 0.717) is 6.42 Å². The van der Waals surface area contributed by atoms with Crippen LogP contribution in [0.2, 0.25) is 0 Å². The summed E-state index contributed by atoms with van der Waals surface area (Å²) in [6.07, 6.45) is 3.76. The second-order valence-electron chi connectivity index (χ2n) is 6.86. The van der Waals surface area contributed by atoms with Crippen molar-refractivity contribution in [2.24, 2.45) is 5.41 Å². The minimum atomic E-state index is -0.518. The zero-order chi connectivity index (χ0) is 19.7. The molecule has 0 fully saturated rings. The lowest BCUT2D eigenvalue weighted by Gasteiger charge is -2.20. The minimum Gasteiger partial charge on any atom is -0.462 e. The Labute approximate surface area is 160 Å². The molecule has 0 bridgehead atoms. The molecule has 0 aliphatic rings. The second kappa shape index (κ2) is 9.72. The summed E-state index contributed by atoms with van der Waals surface area (Å²) in [7, 11) is 0. The van der Waals surface area contributed by atoms with Gasteiger partial charge in [0.15, 0.2) is 0 Å². The second-order valence-corrected chi connectivity index (χ2v) is 6.86. The van der Waals surface area contributed by atoms with Crippen LogP contribution in [0.25, 0.3) is 17.2 Å². The lowest BCUT2D eigenvalue weighted by molar-refractivity contribution is -0.157. The smallest absolute Gasteiger partial charge is 0.330 e. The SMILES string of the molecule is CCC(C)(C)C(=O)OCCOC(=O)/C=C/c1ccc(-c2ccccc2)cc1. The van der Waals surface area contributed by atoms with Gasteiger partial charge in [-0.15, -0.1) is 0 Å². The first kappa shape index (κ1) is 20.4. The van der Waals surface area contributed by atoms with Crippen molar-refractivity contribution < 1.29 is 19.1 Å². The van der Waals surface area contributed by atoms with Crippen molar-refractivity contribution in [3.8, 4) is 11.1 Å². The molecule has 0 saturated carbocycles. The van der Waals surface area contributed by atoms with Gasteiger partial charge in [0.2, 0.25) is 0 Å². The first-order chi connectivity index (χ1) is 12.9. The number of rotatable bonds is 8. The Morgan fingerprint density at radius 3 is 2.11 bits per heavy atom. The molecule has 0 spiro atoms. The Hall–Kier alpha value is -2.88. The van der Waals surface area contributed by atoms with Gasteiger partial charge in [-0.05, 0) is 43.0 Å². The van der Waals surface area contributed by atoms with E-state index in [1.165, 1.54) is 6.08 Å². The van der Waals surface area contributed by atoms with Crippen molar-refractivity contribution >= 4 is 18.0 Å². The van der Waals surface area contributed by atoms with Crippen molar-refractivity contribution in [2.45, 2.75) is 27.2 Å². The summed E-state index contributed by atoms with van der Waals surface area (Å²) in [6, 6.07) is 18.0. The van der Waals surface area contributed by atoms with Gasteiger partial charge in [-0.25, -0.2) is 4.79 Å². The average molecular weight is 366 g/mol. The van der Waals surface area contributed by atoms with E-state index in [1.54, 1.807) is 6.08 Å². The highest BCUT2D eigenvalue weighted by atomic mass is 16.6. The van der Waals surface area contributed by atoms with Crippen LogP contribution in [0.3, 0.4) is 0 Å². The quantitative estimate of drug-likeness (QED) is 0.379. The summed E-state index contributed by atoms with van der Waals surface area (Å²) >= 11 is 0. The summed E-state index contributed by atoms with van der Waals surface area (Å²) in [4.78, 5) is 23.6. The Morgan fingerprint density at radius 1 is 0.889 bits per heavy atom. The number of benzene rings is 2. The number of carbonyl (C=O) groups is 2. The van der Waals surface area contributed by atoms with Crippen LogP contribution in [0.15, 0.2) is 60.7 Å². The van der Waals surface area contributed by atoms with Gasteiger partial charge in [0.1, 0.15) is 13.2 Å². The third-order valence-electron chi connectivity index (χ3n) is 4.43. The van der Waals surface area contributed by atoms with E-state index in [-0.39, 0.29) is 19.2 Å². The maximum Gasteiger partial charge on any atom is 0.330 e. The first-order valence-electron chi connectivity index (χ1n) is 9.10. The summed E-state index contributed by atoms with van der Waals surface area (Å²) in [6.45, 7) is 5.69.